The summed E-state index contributed by atoms with van der Waals surface area (Å²) in [5.41, 5.74) is 1.74. The SMILES string of the molecule is Cc1ccc(Nc2nccc3ccccc23)cc1C(=O)O. The Labute approximate surface area is 122 Å². The van der Waals surface area contributed by atoms with E-state index < -0.39 is 5.97 Å². The first-order chi connectivity index (χ1) is 10.1. The van der Waals surface area contributed by atoms with E-state index in [0.717, 1.165) is 16.3 Å². The Bertz CT molecular complexity index is 823. The molecular formula is C17H14N2O2. The number of carboxylic acid groups (broad SMARTS) is 1. The Morgan fingerprint density at radius 3 is 2.76 bits per heavy atom. The average Bonchev–Trinajstić information content (AvgIpc) is 2.49. The summed E-state index contributed by atoms with van der Waals surface area (Å²) >= 11 is 0. The van der Waals surface area contributed by atoms with Crippen molar-refractivity contribution in [2.45, 2.75) is 6.92 Å². The van der Waals surface area contributed by atoms with Crippen LogP contribution in [0.2, 0.25) is 0 Å². The van der Waals surface area contributed by atoms with Gasteiger partial charge in [0, 0.05) is 17.3 Å². The molecule has 0 aliphatic carbocycles. The predicted molar refractivity (Wildman–Crippen MR) is 83.2 cm³/mol. The van der Waals surface area contributed by atoms with E-state index in [4.69, 9.17) is 0 Å². The number of carbonyl (C=O) groups is 1. The van der Waals surface area contributed by atoms with Crippen LogP contribution >= 0.6 is 0 Å². The summed E-state index contributed by atoms with van der Waals surface area (Å²) in [6.45, 7) is 1.78. The van der Waals surface area contributed by atoms with Crippen LogP contribution in [0.4, 0.5) is 11.5 Å². The summed E-state index contributed by atoms with van der Waals surface area (Å²) < 4.78 is 0. The van der Waals surface area contributed by atoms with E-state index >= 15 is 0 Å². The maximum Gasteiger partial charge on any atom is 0.336 e. The topological polar surface area (TPSA) is 62.2 Å². The fourth-order valence-electron chi connectivity index (χ4n) is 2.29. The summed E-state index contributed by atoms with van der Waals surface area (Å²) in [7, 11) is 0. The highest BCUT2D eigenvalue weighted by Crippen LogP contribution is 2.25. The van der Waals surface area contributed by atoms with Gasteiger partial charge in [-0.2, -0.15) is 0 Å². The quantitative estimate of drug-likeness (QED) is 0.760. The highest BCUT2D eigenvalue weighted by Gasteiger charge is 2.09. The van der Waals surface area contributed by atoms with Crippen molar-refractivity contribution in [3.8, 4) is 0 Å². The van der Waals surface area contributed by atoms with Gasteiger partial charge in [-0.3, -0.25) is 0 Å². The van der Waals surface area contributed by atoms with Gasteiger partial charge in [0.25, 0.3) is 0 Å². The molecule has 3 rings (SSSR count). The molecule has 4 nitrogen and oxygen atoms in total. The number of nitrogens with zero attached hydrogens (tertiary/aromatic N) is 1. The second kappa shape index (κ2) is 5.25. The molecule has 2 aromatic carbocycles. The Morgan fingerprint density at radius 2 is 1.95 bits per heavy atom. The number of pyridine rings is 1. The van der Waals surface area contributed by atoms with Crippen molar-refractivity contribution in [1.29, 1.82) is 0 Å². The molecule has 4 heteroatoms. The number of aryl methyl sites for hydroxylation is 1. The lowest BCUT2D eigenvalue weighted by atomic mass is 10.1. The number of rotatable bonds is 3. The summed E-state index contributed by atoms with van der Waals surface area (Å²) in [4.78, 5) is 15.5. The number of benzene rings is 2. The van der Waals surface area contributed by atoms with Crippen LogP contribution in [-0.4, -0.2) is 16.1 Å². The van der Waals surface area contributed by atoms with Crippen molar-refractivity contribution in [1.82, 2.24) is 4.98 Å². The molecule has 21 heavy (non-hydrogen) atoms. The number of carboxylic acids is 1. The predicted octanol–water partition coefficient (Wildman–Crippen LogP) is 3.99. The van der Waals surface area contributed by atoms with Crippen molar-refractivity contribution in [3.63, 3.8) is 0 Å². The Kier molecular flexibility index (Phi) is 3.28. The summed E-state index contributed by atoms with van der Waals surface area (Å²) in [6, 6.07) is 15.1. The van der Waals surface area contributed by atoms with Gasteiger partial charge in [-0.25, -0.2) is 9.78 Å². The van der Waals surface area contributed by atoms with Crippen LogP contribution in [0.3, 0.4) is 0 Å². The van der Waals surface area contributed by atoms with Gasteiger partial charge < -0.3 is 10.4 Å². The van der Waals surface area contributed by atoms with Gasteiger partial charge in [-0.05, 0) is 36.1 Å². The number of fused-ring (bicyclic) bond motifs is 1. The molecule has 1 heterocycles. The molecule has 1 aromatic heterocycles. The maximum atomic E-state index is 11.2. The van der Waals surface area contributed by atoms with Crippen LogP contribution in [0.15, 0.2) is 54.7 Å². The monoisotopic (exact) mass is 278 g/mol. The molecule has 0 saturated carbocycles. The molecule has 0 spiro atoms. The second-order valence-electron chi connectivity index (χ2n) is 4.84. The van der Waals surface area contributed by atoms with Crippen molar-refractivity contribution in [3.05, 3.63) is 65.9 Å². The van der Waals surface area contributed by atoms with E-state index in [9.17, 15) is 9.90 Å². The third-order valence-electron chi connectivity index (χ3n) is 3.40. The van der Waals surface area contributed by atoms with Crippen LogP contribution in [0.1, 0.15) is 15.9 Å². The molecule has 0 aliphatic heterocycles. The largest absolute Gasteiger partial charge is 0.478 e. The zero-order valence-corrected chi connectivity index (χ0v) is 11.5. The van der Waals surface area contributed by atoms with Crippen molar-refractivity contribution >= 4 is 28.2 Å². The molecule has 0 radical (unpaired) electrons. The minimum atomic E-state index is -0.929. The van der Waals surface area contributed by atoms with Crippen molar-refractivity contribution in [2.75, 3.05) is 5.32 Å². The van der Waals surface area contributed by atoms with Gasteiger partial charge in [-0.15, -0.1) is 0 Å². The number of hydrogen-bond acceptors (Lipinski definition) is 3. The molecule has 0 saturated heterocycles. The first-order valence-corrected chi connectivity index (χ1v) is 6.60. The number of nitrogens with one attached hydrogen (secondary N) is 1. The third-order valence-corrected chi connectivity index (χ3v) is 3.40. The first kappa shape index (κ1) is 13.1. The number of hydrogen-bond donors (Lipinski definition) is 2. The number of aromatic carboxylic acids is 1. The smallest absolute Gasteiger partial charge is 0.336 e. The fraction of sp³-hybridized carbons (Fsp3) is 0.0588. The highest BCUT2D eigenvalue weighted by molar-refractivity contribution is 5.94. The van der Waals surface area contributed by atoms with Crippen LogP contribution in [0.25, 0.3) is 10.8 Å². The summed E-state index contributed by atoms with van der Waals surface area (Å²) in [5, 5.41) is 14.5. The van der Waals surface area contributed by atoms with Gasteiger partial charge in [0.2, 0.25) is 0 Å². The summed E-state index contributed by atoms with van der Waals surface area (Å²) in [6.07, 6.45) is 1.73. The van der Waals surface area contributed by atoms with E-state index in [1.165, 1.54) is 0 Å². The lowest BCUT2D eigenvalue weighted by molar-refractivity contribution is 0.0696. The molecular weight excluding hydrogens is 264 g/mol. The lowest BCUT2D eigenvalue weighted by Crippen LogP contribution is -2.02. The Balaban J connectivity index is 2.03. The van der Waals surface area contributed by atoms with E-state index in [1.807, 2.05) is 36.4 Å². The minimum Gasteiger partial charge on any atom is -0.478 e. The Morgan fingerprint density at radius 1 is 1.14 bits per heavy atom. The molecule has 0 bridgehead atoms. The van der Waals surface area contributed by atoms with Crippen LogP contribution in [0, 0.1) is 6.92 Å². The van der Waals surface area contributed by atoms with E-state index in [0.29, 0.717) is 17.1 Å². The molecule has 0 unspecified atom stereocenters. The van der Waals surface area contributed by atoms with Gasteiger partial charge in [0.15, 0.2) is 0 Å². The van der Waals surface area contributed by atoms with Gasteiger partial charge in [0.05, 0.1) is 5.56 Å². The van der Waals surface area contributed by atoms with Crippen LogP contribution in [-0.2, 0) is 0 Å². The Hall–Kier alpha value is -2.88. The van der Waals surface area contributed by atoms with E-state index in [1.54, 1.807) is 25.3 Å². The van der Waals surface area contributed by atoms with Crippen LogP contribution in [0.5, 0.6) is 0 Å². The fourth-order valence-corrected chi connectivity index (χ4v) is 2.29. The average molecular weight is 278 g/mol. The van der Waals surface area contributed by atoms with Crippen molar-refractivity contribution in [2.24, 2.45) is 0 Å². The number of anilines is 2. The normalized spacial score (nSPS) is 10.5. The zero-order chi connectivity index (χ0) is 14.8. The summed E-state index contributed by atoms with van der Waals surface area (Å²) in [5.74, 6) is -0.213. The highest BCUT2D eigenvalue weighted by atomic mass is 16.4. The third kappa shape index (κ3) is 2.56. The number of aromatic nitrogens is 1. The van der Waals surface area contributed by atoms with E-state index in [-0.39, 0.29) is 0 Å². The van der Waals surface area contributed by atoms with Gasteiger partial charge in [0.1, 0.15) is 5.82 Å². The molecule has 0 aliphatic rings. The maximum absolute atomic E-state index is 11.2. The molecule has 0 fully saturated rings. The van der Waals surface area contributed by atoms with Crippen LogP contribution < -0.4 is 5.32 Å². The minimum absolute atomic E-state index is 0.292. The van der Waals surface area contributed by atoms with Gasteiger partial charge in [-0.1, -0.05) is 30.3 Å². The van der Waals surface area contributed by atoms with Crippen molar-refractivity contribution < 1.29 is 9.90 Å². The van der Waals surface area contributed by atoms with Gasteiger partial charge >= 0.3 is 5.97 Å². The lowest BCUT2D eigenvalue weighted by Gasteiger charge is -2.10. The molecule has 0 atom stereocenters. The molecule has 0 amide bonds. The van der Waals surface area contributed by atoms with E-state index in [2.05, 4.69) is 10.3 Å². The molecule has 2 N–H and O–H groups in total. The molecule has 3 aromatic rings. The first-order valence-electron chi connectivity index (χ1n) is 6.60. The zero-order valence-electron chi connectivity index (χ0n) is 11.5. The molecule has 104 valence electrons. The second-order valence-corrected chi connectivity index (χ2v) is 4.84. The standard InChI is InChI=1S/C17H14N2O2/c1-11-6-7-13(10-15(11)17(20)21)19-16-14-5-3-2-4-12(14)8-9-18-16/h2-10H,1H3,(H,18,19)(H,20,21).